The maximum atomic E-state index is 11.6. The van der Waals surface area contributed by atoms with E-state index in [9.17, 15) is 4.79 Å². The zero-order chi connectivity index (χ0) is 11.3. The van der Waals surface area contributed by atoms with Gasteiger partial charge < -0.3 is 9.30 Å². The number of carbonyl (C=O) groups is 1. The van der Waals surface area contributed by atoms with Crippen LogP contribution >= 0.6 is 0 Å². The van der Waals surface area contributed by atoms with Crippen LogP contribution in [0.2, 0.25) is 0 Å². The molecule has 0 spiro atoms. The number of rotatable bonds is 0. The van der Waals surface area contributed by atoms with Crippen LogP contribution in [-0.4, -0.2) is 17.1 Å². The van der Waals surface area contributed by atoms with Gasteiger partial charge in [0, 0.05) is 5.39 Å². The Kier molecular flexibility index (Phi) is 1.84. The maximum absolute atomic E-state index is 11.6. The van der Waals surface area contributed by atoms with Gasteiger partial charge in [-0.3, -0.25) is 0 Å². The van der Waals surface area contributed by atoms with Crippen LogP contribution in [0.25, 0.3) is 10.9 Å². The third-order valence-corrected chi connectivity index (χ3v) is 3.08. The van der Waals surface area contributed by atoms with Crippen LogP contribution < -0.4 is 0 Å². The first-order valence-electron chi connectivity index (χ1n) is 5.44. The van der Waals surface area contributed by atoms with Crippen molar-refractivity contribution in [1.29, 1.82) is 0 Å². The van der Waals surface area contributed by atoms with Crippen molar-refractivity contribution < 1.29 is 9.53 Å². The molecule has 0 fully saturated rings. The highest BCUT2D eigenvalue weighted by Gasteiger charge is 2.21. The van der Waals surface area contributed by atoms with Gasteiger partial charge in [0.25, 0.3) is 0 Å². The second-order valence-electron chi connectivity index (χ2n) is 4.34. The minimum atomic E-state index is -0.209. The van der Waals surface area contributed by atoms with Gasteiger partial charge in [-0.25, -0.2) is 4.79 Å². The van der Waals surface area contributed by atoms with E-state index in [0.29, 0.717) is 12.3 Å². The molecule has 0 atom stereocenters. The van der Waals surface area contributed by atoms with Crippen LogP contribution in [0.1, 0.15) is 21.6 Å². The molecule has 0 aliphatic carbocycles. The SMILES string of the molecule is Cc1cc(C)c2c(c1)cc1n2CCOC1=O. The summed E-state index contributed by atoms with van der Waals surface area (Å²) in [5.41, 5.74) is 4.28. The molecule has 1 aromatic heterocycles. The summed E-state index contributed by atoms with van der Waals surface area (Å²) in [7, 11) is 0. The first-order valence-corrected chi connectivity index (χ1v) is 5.44. The van der Waals surface area contributed by atoms with E-state index < -0.39 is 0 Å². The van der Waals surface area contributed by atoms with Gasteiger partial charge in [0.05, 0.1) is 12.1 Å². The fraction of sp³-hybridized carbons (Fsp3) is 0.308. The van der Waals surface area contributed by atoms with Gasteiger partial charge in [0.15, 0.2) is 0 Å². The Morgan fingerprint density at radius 2 is 2.06 bits per heavy atom. The zero-order valence-electron chi connectivity index (χ0n) is 9.41. The summed E-state index contributed by atoms with van der Waals surface area (Å²) in [4.78, 5) is 11.6. The maximum Gasteiger partial charge on any atom is 0.355 e. The van der Waals surface area contributed by atoms with Crippen LogP contribution in [0.3, 0.4) is 0 Å². The molecule has 0 unspecified atom stereocenters. The smallest absolute Gasteiger partial charge is 0.355 e. The highest BCUT2D eigenvalue weighted by Crippen LogP contribution is 2.26. The van der Waals surface area contributed by atoms with Gasteiger partial charge in [-0.15, -0.1) is 0 Å². The number of hydrogen-bond donors (Lipinski definition) is 0. The number of hydrogen-bond acceptors (Lipinski definition) is 2. The number of aromatic nitrogens is 1. The molecular formula is C13H13NO2. The van der Waals surface area contributed by atoms with Gasteiger partial charge >= 0.3 is 5.97 Å². The molecule has 1 aromatic carbocycles. The fourth-order valence-corrected chi connectivity index (χ4v) is 2.52. The quantitative estimate of drug-likeness (QED) is 0.632. The normalized spacial score (nSPS) is 15.0. The van der Waals surface area contributed by atoms with Crippen molar-refractivity contribution in [3.63, 3.8) is 0 Å². The molecule has 0 radical (unpaired) electrons. The number of cyclic esters (lactones) is 1. The summed E-state index contributed by atoms with van der Waals surface area (Å²) >= 11 is 0. The first-order chi connectivity index (χ1) is 7.66. The Balaban J connectivity index is 2.40. The minimum Gasteiger partial charge on any atom is -0.459 e. The van der Waals surface area contributed by atoms with Crippen molar-refractivity contribution in [2.45, 2.75) is 20.4 Å². The van der Waals surface area contributed by atoms with Crippen LogP contribution in [-0.2, 0) is 11.3 Å². The third-order valence-electron chi connectivity index (χ3n) is 3.08. The van der Waals surface area contributed by atoms with Crippen molar-refractivity contribution in [2.75, 3.05) is 6.61 Å². The summed E-state index contributed by atoms with van der Waals surface area (Å²) in [5, 5.41) is 1.13. The molecule has 2 heterocycles. The summed E-state index contributed by atoms with van der Waals surface area (Å²) in [5.74, 6) is -0.209. The van der Waals surface area contributed by atoms with Crippen molar-refractivity contribution in [3.8, 4) is 0 Å². The van der Waals surface area contributed by atoms with Crippen molar-refractivity contribution in [3.05, 3.63) is 35.0 Å². The van der Waals surface area contributed by atoms with Crippen molar-refractivity contribution in [1.82, 2.24) is 4.57 Å². The van der Waals surface area contributed by atoms with E-state index in [0.717, 1.165) is 17.4 Å². The van der Waals surface area contributed by atoms with Crippen molar-refractivity contribution >= 4 is 16.9 Å². The average Bonchev–Trinajstić information content (AvgIpc) is 2.57. The van der Waals surface area contributed by atoms with E-state index in [2.05, 4.69) is 30.5 Å². The fourth-order valence-electron chi connectivity index (χ4n) is 2.52. The predicted molar refractivity (Wildman–Crippen MR) is 61.7 cm³/mol. The third kappa shape index (κ3) is 1.18. The lowest BCUT2D eigenvalue weighted by Crippen LogP contribution is -2.22. The number of esters is 1. The largest absolute Gasteiger partial charge is 0.459 e. The van der Waals surface area contributed by atoms with E-state index >= 15 is 0 Å². The summed E-state index contributed by atoms with van der Waals surface area (Å²) < 4.78 is 7.11. The lowest BCUT2D eigenvalue weighted by molar-refractivity contribution is 0.0426. The molecule has 1 aliphatic heterocycles. The number of aryl methyl sites for hydroxylation is 2. The highest BCUT2D eigenvalue weighted by atomic mass is 16.5. The number of nitrogens with zero attached hydrogens (tertiary/aromatic N) is 1. The number of fused-ring (bicyclic) bond motifs is 3. The van der Waals surface area contributed by atoms with E-state index in [1.54, 1.807) is 0 Å². The molecular weight excluding hydrogens is 202 g/mol. The summed E-state index contributed by atoms with van der Waals surface area (Å²) in [6, 6.07) is 6.19. The van der Waals surface area contributed by atoms with Crippen molar-refractivity contribution in [2.24, 2.45) is 0 Å². The Bertz CT molecular complexity index is 595. The van der Waals surface area contributed by atoms with E-state index in [-0.39, 0.29) is 5.97 Å². The zero-order valence-corrected chi connectivity index (χ0v) is 9.41. The van der Waals surface area contributed by atoms with Gasteiger partial charge in [-0.2, -0.15) is 0 Å². The van der Waals surface area contributed by atoms with Crippen LogP contribution in [0.4, 0.5) is 0 Å². The topological polar surface area (TPSA) is 31.2 Å². The van der Waals surface area contributed by atoms with Gasteiger partial charge in [0.1, 0.15) is 12.3 Å². The van der Waals surface area contributed by atoms with Crippen LogP contribution in [0.5, 0.6) is 0 Å². The minimum absolute atomic E-state index is 0.209. The van der Waals surface area contributed by atoms with E-state index in [4.69, 9.17) is 4.74 Å². The van der Waals surface area contributed by atoms with Crippen LogP contribution in [0, 0.1) is 13.8 Å². The molecule has 0 saturated carbocycles. The molecule has 16 heavy (non-hydrogen) atoms. The first kappa shape index (κ1) is 9.46. The molecule has 2 aromatic rings. The average molecular weight is 215 g/mol. The molecule has 3 nitrogen and oxygen atoms in total. The lowest BCUT2D eigenvalue weighted by Gasteiger charge is -2.16. The Morgan fingerprint density at radius 3 is 2.88 bits per heavy atom. The molecule has 0 saturated heterocycles. The van der Waals surface area contributed by atoms with Crippen LogP contribution in [0.15, 0.2) is 18.2 Å². The van der Waals surface area contributed by atoms with E-state index in [1.165, 1.54) is 11.1 Å². The molecule has 0 amide bonds. The highest BCUT2D eigenvalue weighted by molar-refractivity contribution is 5.97. The Morgan fingerprint density at radius 1 is 1.25 bits per heavy atom. The van der Waals surface area contributed by atoms with Gasteiger partial charge in [0.2, 0.25) is 0 Å². The Hall–Kier alpha value is -1.77. The molecule has 0 N–H and O–H groups in total. The van der Waals surface area contributed by atoms with Gasteiger partial charge in [-0.1, -0.05) is 11.6 Å². The second kappa shape index (κ2) is 3.11. The lowest BCUT2D eigenvalue weighted by atomic mass is 10.1. The number of ether oxygens (including phenoxy) is 1. The molecule has 3 heteroatoms. The van der Waals surface area contributed by atoms with E-state index in [1.807, 2.05) is 6.07 Å². The second-order valence-corrected chi connectivity index (χ2v) is 4.34. The molecule has 3 rings (SSSR count). The number of benzene rings is 1. The number of carbonyl (C=O) groups excluding carboxylic acids is 1. The Labute approximate surface area is 93.6 Å². The summed E-state index contributed by atoms with van der Waals surface area (Å²) in [6.45, 7) is 5.39. The molecule has 82 valence electrons. The summed E-state index contributed by atoms with van der Waals surface area (Å²) in [6.07, 6.45) is 0. The molecule has 0 bridgehead atoms. The standard InChI is InChI=1S/C13H13NO2/c1-8-5-9(2)12-10(6-8)7-11-13(15)16-4-3-14(11)12/h5-7H,3-4H2,1-2H3. The predicted octanol–water partition coefficient (Wildman–Crippen LogP) is 2.43. The van der Waals surface area contributed by atoms with Gasteiger partial charge in [-0.05, 0) is 31.5 Å². The monoisotopic (exact) mass is 215 g/mol. The molecule has 1 aliphatic rings.